The highest BCUT2D eigenvalue weighted by molar-refractivity contribution is 7.14. The second kappa shape index (κ2) is 14.4. The summed E-state index contributed by atoms with van der Waals surface area (Å²) in [6.45, 7) is 13.0. The van der Waals surface area contributed by atoms with Gasteiger partial charge in [0.1, 0.15) is 17.6 Å². The maximum Gasteiger partial charge on any atom is 0.151 e. The summed E-state index contributed by atoms with van der Waals surface area (Å²) in [6.07, 6.45) is 7.87. The Kier molecular flexibility index (Phi) is 10.2. The minimum atomic E-state index is -1.16. The molecule has 0 bridgehead atoms. The standard InChI is InChI=1S/C33H45N7O2SSi/c1-44(2,3)19-18-42-23-35-31-28(33-39-38-32(43-33)25-6-4-5-7-25)21-29-30(37-31)20-27(22-34-29)36-26-10-8-24(9-11-26)12-13-40-14-16-41-17-15-40/h8-11,20-22,25,36H,4-7,12-19,23H2,1-3H3,(H,35,37). The van der Waals surface area contributed by atoms with E-state index in [1.54, 1.807) is 11.3 Å². The molecule has 2 aliphatic rings. The molecule has 1 aromatic carbocycles. The van der Waals surface area contributed by atoms with E-state index in [9.17, 15) is 0 Å². The molecule has 44 heavy (non-hydrogen) atoms. The first kappa shape index (κ1) is 31.0. The van der Waals surface area contributed by atoms with Crippen LogP contribution in [-0.4, -0.2) is 79.3 Å². The third kappa shape index (κ3) is 8.39. The van der Waals surface area contributed by atoms with Crippen LogP contribution in [0.25, 0.3) is 21.6 Å². The first-order chi connectivity index (χ1) is 21.4. The van der Waals surface area contributed by atoms with Gasteiger partial charge in [-0.05, 0) is 55.1 Å². The van der Waals surface area contributed by atoms with Crippen LogP contribution in [0.5, 0.6) is 0 Å². The van der Waals surface area contributed by atoms with E-state index < -0.39 is 8.07 Å². The van der Waals surface area contributed by atoms with E-state index in [2.05, 4.69) is 81.8 Å². The molecule has 0 spiro atoms. The lowest BCUT2D eigenvalue weighted by atomic mass is 10.1. The molecule has 9 nitrogen and oxygen atoms in total. The Balaban J connectivity index is 1.17. The molecule has 2 N–H and O–H groups in total. The van der Waals surface area contributed by atoms with Crippen molar-refractivity contribution in [2.45, 2.75) is 63.7 Å². The van der Waals surface area contributed by atoms with Crippen LogP contribution in [0.1, 0.15) is 42.2 Å². The maximum atomic E-state index is 5.98. The van der Waals surface area contributed by atoms with Crippen molar-refractivity contribution in [2.75, 3.05) is 56.8 Å². The molecular weight excluding hydrogens is 587 g/mol. The molecular formula is C33H45N7O2SSi. The molecule has 6 rings (SSSR count). The summed E-state index contributed by atoms with van der Waals surface area (Å²) in [4.78, 5) is 12.3. The summed E-state index contributed by atoms with van der Waals surface area (Å²) in [5.41, 5.74) is 5.83. The Morgan fingerprint density at radius 2 is 1.80 bits per heavy atom. The largest absolute Gasteiger partial charge is 0.379 e. The van der Waals surface area contributed by atoms with Crippen LogP contribution in [0, 0.1) is 0 Å². The van der Waals surface area contributed by atoms with Gasteiger partial charge in [-0.3, -0.25) is 9.88 Å². The van der Waals surface area contributed by atoms with Gasteiger partial charge in [-0.15, -0.1) is 10.2 Å². The van der Waals surface area contributed by atoms with Gasteiger partial charge in [-0.25, -0.2) is 4.98 Å². The predicted octanol–water partition coefficient (Wildman–Crippen LogP) is 7.15. The molecule has 234 valence electrons. The lowest BCUT2D eigenvalue weighted by Crippen LogP contribution is -2.37. The Hall–Kier alpha value is -2.96. The quantitative estimate of drug-likeness (QED) is 0.0906. The Morgan fingerprint density at radius 3 is 2.57 bits per heavy atom. The second-order valence-electron chi connectivity index (χ2n) is 13.1. The van der Waals surface area contributed by atoms with Crippen molar-refractivity contribution in [1.29, 1.82) is 0 Å². The van der Waals surface area contributed by atoms with Crippen LogP contribution in [0.4, 0.5) is 17.2 Å². The van der Waals surface area contributed by atoms with Gasteiger partial charge < -0.3 is 20.1 Å². The van der Waals surface area contributed by atoms with E-state index in [4.69, 9.17) is 19.4 Å². The normalized spacial score (nSPS) is 16.5. The summed E-state index contributed by atoms with van der Waals surface area (Å²) in [6, 6.07) is 13.9. The fourth-order valence-electron chi connectivity index (χ4n) is 5.70. The third-order valence-electron chi connectivity index (χ3n) is 8.44. The van der Waals surface area contributed by atoms with Crippen molar-refractivity contribution < 1.29 is 9.47 Å². The second-order valence-corrected chi connectivity index (χ2v) is 19.8. The number of nitrogens with zero attached hydrogens (tertiary/aromatic N) is 5. The first-order valence-corrected chi connectivity index (χ1v) is 20.5. The highest BCUT2D eigenvalue weighted by atomic mass is 32.1. The van der Waals surface area contributed by atoms with Gasteiger partial charge in [-0.1, -0.05) is 56.0 Å². The molecule has 0 atom stereocenters. The van der Waals surface area contributed by atoms with Crippen molar-refractivity contribution in [1.82, 2.24) is 25.1 Å². The molecule has 3 aromatic heterocycles. The Labute approximate surface area is 265 Å². The summed E-state index contributed by atoms with van der Waals surface area (Å²) < 4.78 is 11.4. The smallest absolute Gasteiger partial charge is 0.151 e. The predicted molar refractivity (Wildman–Crippen MR) is 183 cm³/mol. The van der Waals surface area contributed by atoms with Crippen LogP contribution in [0.15, 0.2) is 42.6 Å². The summed E-state index contributed by atoms with van der Waals surface area (Å²) >= 11 is 1.68. The highest BCUT2D eigenvalue weighted by Crippen LogP contribution is 2.39. The van der Waals surface area contributed by atoms with Crippen molar-refractivity contribution >= 4 is 47.6 Å². The zero-order valence-electron chi connectivity index (χ0n) is 26.3. The molecule has 11 heteroatoms. The van der Waals surface area contributed by atoms with Gasteiger partial charge in [0, 0.05) is 45.9 Å². The number of hydrogen-bond donors (Lipinski definition) is 2. The van der Waals surface area contributed by atoms with Crippen LogP contribution in [0.3, 0.4) is 0 Å². The third-order valence-corrected chi connectivity index (χ3v) is 11.3. The van der Waals surface area contributed by atoms with E-state index in [0.717, 1.165) is 95.7 Å². The molecule has 1 saturated carbocycles. The highest BCUT2D eigenvalue weighted by Gasteiger charge is 2.23. The van der Waals surface area contributed by atoms with E-state index in [1.165, 1.54) is 31.2 Å². The fraction of sp³-hybridized carbons (Fsp3) is 0.515. The minimum absolute atomic E-state index is 0.396. The van der Waals surface area contributed by atoms with Crippen molar-refractivity contribution in [3.8, 4) is 10.6 Å². The molecule has 4 aromatic rings. The number of morpholine rings is 1. The van der Waals surface area contributed by atoms with Gasteiger partial charge in [0.25, 0.3) is 0 Å². The number of hydrogen-bond acceptors (Lipinski definition) is 10. The van der Waals surface area contributed by atoms with Crippen LogP contribution >= 0.6 is 11.3 Å². The average molecular weight is 632 g/mol. The van der Waals surface area contributed by atoms with Gasteiger partial charge in [0.05, 0.1) is 41.7 Å². The van der Waals surface area contributed by atoms with Gasteiger partial charge >= 0.3 is 0 Å². The lowest BCUT2D eigenvalue weighted by molar-refractivity contribution is 0.0384. The first-order valence-electron chi connectivity index (χ1n) is 16.0. The van der Waals surface area contributed by atoms with Gasteiger partial charge in [0.15, 0.2) is 5.01 Å². The number of pyridine rings is 2. The molecule has 1 aliphatic heterocycles. The summed E-state index contributed by atoms with van der Waals surface area (Å²) in [5.74, 6) is 1.28. The van der Waals surface area contributed by atoms with Crippen molar-refractivity contribution in [3.63, 3.8) is 0 Å². The van der Waals surface area contributed by atoms with E-state index in [0.29, 0.717) is 12.6 Å². The van der Waals surface area contributed by atoms with E-state index in [1.807, 2.05) is 6.20 Å². The molecule has 0 unspecified atom stereocenters. The van der Waals surface area contributed by atoms with Crippen LogP contribution in [-0.2, 0) is 15.9 Å². The molecule has 0 radical (unpaired) electrons. The molecule has 0 amide bonds. The Bertz CT molecular complexity index is 1510. The molecule has 2 fully saturated rings. The molecule has 1 saturated heterocycles. The molecule has 1 aliphatic carbocycles. The Morgan fingerprint density at radius 1 is 1.00 bits per heavy atom. The van der Waals surface area contributed by atoms with E-state index in [-0.39, 0.29) is 0 Å². The summed E-state index contributed by atoms with van der Waals surface area (Å²) in [7, 11) is -1.16. The lowest BCUT2D eigenvalue weighted by Gasteiger charge is -2.26. The van der Waals surface area contributed by atoms with Gasteiger partial charge in [-0.2, -0.15) is 0 Å². The van der Waals surface area contributed by atoms with Crippen LogP contribution in [0.2, 0.25) is 25.7 Å². The van der Waals surface area contributed by atoms with Crippen molar-refractivity contribution in [2.24, 2.45) is 0 Å². The average Bonchev–Trinajstić information content (AvgIpc) is 3.73. The number of fused-ring (bicyclic) bond motifs is 1. The zero-order valence-corrected chi connectivity index (χ0v) is 28.1. The number of nitrogens with one attached hydrogen (secondary N) is 2. The maximum absolute atomic E-state index is 5.98. The van der Waals surface area contributed by atoms with Crippen molar-refractivity contribution in [3.05, 3.63) is 53.2 Å². The topological polar surface area (TPSA) is 97.3 Å². The number of rotatable bonds is 13. The monoisotopic (exact) mass is 631 g/mol. The SMILES string of the molecule is C[Si](C)(C)CCOCNc1nc2cc(Nc3ccc(CCN4CCOCC4)cc3)cnc2cc1-c1nnc(C2CCCC2)s1. The van der Waals surface area contributed by atoms with Crippen LogP contribution < -0.4 is 10.6 Å². The van der Waals surface area contributed by atoms with E-state index >= 15 is 0 Å². The number of ether oxygens (including phenoxy) is 2. The number of anilines is 3. The number of aromatic nitrogens is 4. The number of benzene rings is 1. The van der Waals surface area contributed by atoms with Gasteiger partial charge in [0.2, 0.25) is 0 Å². The summed E-state index contributed by atoms with van der Waals surface area (Å²) in [5, 5.41) is 18.2. The molecule has 4 heterocycles. The zero-order chi connectivity index (χ0) is 30.4. The fourth-order valence-corrected chi connectivity index (χ4v) is 7.49. The minimum Gasteiger partial charge on any atom is -0.379 e.